The van der Waals surface area contributed by atoms with E-state index in [-0.39, 0.29) is 11.8 Å². The van der Waals surface area contributed by atoms with Crippen LogP contribution in [0.5, 0.6) is 0 Å². The molecule has 1 aliphatic rings. The third-order valence-electron chi connectivity index (χ3n) is 6.04. The third kappa shape index (κ3) is 5.01. The van der Waals surface area contributed by atoms with Gasteiger partial charge >= 0.3 is 0 Å². The van der Waals surface area contributed by atoms with Crippen LogP contribution in [0.4, 0.5) is 17.1 Å². The molecule has 33 heavy (non-hydrogen) atoms. The molecule has 3 aromatic rings. The van der Waals surface area contributed by atoms with Crippen molar-refractivity contribution in [2.75, 3.05) is 16.4 Å². The summed E-state index contributed by atoms with van der Waals surface area (Å²) in [5.74, 6) is 0.192. The van der Waals surface area contributed by atoms with Crippen molar-refractivity contribution in [1.82, 2.24) is 0 Å². The van der Waals surface area contributed by atoms with Gasteiger partial charge in [0.15, 0.2) is 0 Å². The monoisotopic (exact) mass is 497 g/mol. The number of benzene rings is 3. The number of halogens is 3. The Morgan fingerprint density at radius 1 is 0.939 bits per heavy atom. The number of rotatable bonds is 7. The maximum Gasteiger partial charge on any atom is 0.0582 e. The number of aryl methyl sites for hydroxylation is 1. The first-order valence-corrected chi connectivity index (χ1v) is 11.7. The molecule has 1 aliphatic carbocycles. The third-order valence-corrected chi connectivity index (χ3v) is 7.06. The quantitative estimate of drug-likeness (QED) is 0.227. The first kappa shape index (κ1) is 23.6. The summed E-state index contributed by atoms with van der Waals surface area (Å²) >= 11 is 19.6. The average Bonchev–Trinajstić information content (AvgIpc) is 3.32. The number of nitrogen functional groups attached to an aromatic ring is 1. The van der Waals surface area contributed by atoms with E-state index < -0.39 is 4.87 Å². The summed E-state index contributed by atoms with van der Waals surface area (Å²) in [7, 11) is 0. The van der Waals surface area contributed by atoms with E-state index in [1.165, 1.54) is 0 Å². The van der Waals surface area contributed by atoms with Crippen molar-refractivity contribution in [2.24, 2.45) is 5.92 Å². The minimum atomic E-state index is -0.434. The molecule has 170 valence electrons. The number of allylic oxidation sites excluding steroid dienone is 1. The summed E-state index contributed by atoms with van der Waals surface area (Å²) in [6, 6.07) is 19.2. The van der Waals surface area contributed by atoms with Crippen molar-refractivity contribution in [3.05, 3.63) is 106 Å². The molecule has 0 radical (unpaired) electrons. The van der Waals surface area contributed by atoms with Gasteiger partial charge in [-0.2, -0.15) is 0 Å². The molecule has 1 fully saturated rings. The summed E-state index contributed by atoms with van der Waals surface area (Å²) in [6.07, 6.45) is 0. The molecule has 0 aliphatic heterocycles. The van der Waals surface area contributed by atoms with E-state index in [4.69, 9.17) is 40.5 Å². The van der Waals surface area contributed by atoms with E-state index in [0.29, 0.717) is 16.4 Å². The van der Waals surface area contributed by atoms with Gasteiger partial charge in [-0.05, 0) is 79.6 Å². The number of alkyl halides is 1. The minimum Gasteiger partial charge on any atom is -0.399 e. The molecule has 3 atom stereocenters. The van der Waals surface area contributed by atoms with Crippen molar-refractivity contribution in [3.8, 4) is 0 Å². The Balaban J connectivity index is 1.50. The zero-order valence-electron chi connectivity index (χ0n) is 18.6. The van der Waals surface area contributed by atoms with Gasteiger partial charge in [-0.15, -0.1) is 11.6 Å². The van der Waals surface area contributed by atoms with Gasteiger partial charge in [0.05, 0.1) is 9.90 Å². The van der Waals surface area contributed by atoms with E-state index >= 15 is 0 Å². The highest BCUT2D eigenvalue weighted by Crippen LogP contribution is 2.64. The van der Waals surface area contributed by atoms with Gasteiger partial charge in [0.25, 0.3) is 0 Å². The zero-order valence-corrected chi connectivity index (χ0v) is 20.8. The van der Waals surface area contributed by atoms with Crippen LogP contribution in [0.15, 0.2) is 79.5 Å². The van der Waals surface area contributed by atoms with Crippen molar-refractivity contribution in [2.45, 2.75) is 24.6 Å². The number of hydrogen-bond donors (Lipinski definition) is 3. The highest BCUT2D eigenvalue weighted by Gasteiger charge is 2.62. The van der Waals surface area contributed by atoms with Gasteiger partial charge in [-0.1, -0.05) is 42.4 Å². The highest BCUT2D eigenvalue weighted by molar-refractivity contribution is 6.32. The van der Waals surface area contributed by atoms with Crippen molar-refractivity contribution < 1.29 is 0 Å². The normalized spacial score (nSPS) is 21.4. The number of nitrogens with two attached hydrogens (primary N) is 1. The van der Waals surface area contributed by atoms with Gasteiger partial charge in [0.2, 0.25) is 0 Å². The molecule has 0 saturated heterocycles. The first-order valence-electron chi connectivity index (χ1n) is 10.6. The summed E-state index contributed by atoms with van der Waals surface area (Å²) in [4.78, 5) is -0.434. The molecule has 0 bridgehead atoms. The summed E-state index contributed by atoms with van der Waals surface area (Å²) in [6.45, 7) is 12.5. The van der Waals surface area contributed by atoms with Crippen molar-refractivity contribution in [3.63, 3.8) is 0 Å². The fourth-order valence-electron chi connectivity index (χ4n) is 4.39. The van der Waals surface area contributed by atoms with Gasteiger partial charge in [-0.3, -0.25) is 0 Å². The summed E-state index contributed by atoms with van der Waals surface area (Å²) < 4.78 is 0. The topological polar surface area (TPSA) is 50.1 Å². The maximum absolute atomic E-state index is 6.88. The predicted octanol–water partition coefficient (Wildman–Crippen LogP) is 8.30. The Morgan fingerprint density at radius 2 is 1.61 bits per heavy atom. The molecule has 4 rings (SSSR count). The Hall–Kier alpha value is -2.59. The molecular weight excluding hydrogens is 473 g/mol. The Morgan fingerprint density at radius 3 is 2.27 bits per heavy atom. The maximum atomic E-state index is 6.88. The SMILES string of the molecule is C=C(Nc1ccc(N)cc1)c1cc(NC(=C)C2C(c3cc(C)cc(Cl)c3)C2(C)Cl)ccc1Cl. The second-order valence-electron chi connectivity index (χ2n) is 8.74. The fourth-order valence-corrected chi connectivity index (χ4v) is 5.37. The first-order chi connectivity index (χ1) is 15.6. The molecule has 4 N–H and O–H groups in total. The predicted molar refractivity (Wildman–Crippen MR) is 144 cm³/mol. The molecule has 1 saturated carbocycles. The average molecular weight is 499 g/mol. The van der Waals surface area contributed by atoms with Crippen molar-refractivity contribution >= 4 is 57.6 Å². The van der Waals surface area contributed by atoms with Crippen LogP contribution in [0.1, 0.15) is 29.5 Å². The molecule has 3 nitrogen and oxygen atoms in total. The number of hydrogen-bond acceptors (Lipinski definition) is 3. The van der Waals surface area contributed by atoms with Crippen LogP contribution in [-0.2, 0) is 0 Å². The molecule has 0 spiro atoms. The van der Waals surface area contributed by atoms with Crippen LogP contribution in [0.2, 0.25) is 10.0 Å². The van der Waals surface area contributed by atoms with E-state index in [1.54, 1.807) is 0 Å². The lowest BCUT2D eigenvalue weighted by Gasteiger charge is -2.15. The van der Waals surface area contributed by atoms with E-state index in [1.807, 2.05) is 68.4 Å². The molecule has 0 aromatic heterocycles. The lowest BCUT2D eigenvalue weighted by atomic mass is 10.0. The van der Waals surface area contributed by atoms with Gasteiger partial charge in [0, 0.05) is 50.9 Å². The van der Waals surface area contributed by atoms with Gasteiger partial charge < -0.3 is 16.4 Å². The van der Waals surface area contributed by atoms with Crippen LogP contribution in [0, 0.1) is 12.8 Å². The standard InChI is InChI=1S/C27H26Cl3N3/c1-15-11-18(13-19(28)12-15)26-25(27(26,4)30)17(3)33-22-9-10-24(29)23(14-22)16(2)32-21-7-5-20(31)6-8-21/h5-14,25-26,32-33H,2-3,31H2,1,4H3. The number of anilines is 3. The van der Waals surface area contributed by atoms with Crippen LogP contribution < -0.4 is 16.4 Å². The fraction of sp³-hybridized carbons (Fsp3) is 0.185. The molecule has 6 heteroatoms. The second-order valence-corrected chi connectivity index (χ2v) is 10.4. The van der Waals surface area contributed by atoms with Gasteiger partial charge in [0.1, 0.15) is 0 Å². The molecular formula is C27H26Cl3N3. The molecule has 0 amide bonds. The largest absolute Gasteiger partial charge is 0.399 e. The number of nitrogens with one attached hydrogen (secondary N) is 2. The summed E-state index contributed by atoms with van der Waals surface area (Å²) in [5.41, 5.74) is 12.8. The lowest BCUT2D eigenvalue weighted by molar-refractivity contribution is 0.899. The Bertz CT molecular complexity index is 1210. The minimum absolute atomic E-state index is 0.0623. The molecule has 3 aromatic carbocycles. The van der Waals surface area contributed by atoms with Crippen LogP contribution >= 0.6 is 34.8 Å². The van der Waals surface area contributed by atoms with Crippen LogP contribution in [0.25, 0.3) is 5.70 Å². The van der Waals surface area contributed by atoms with Crippen molar-refractivity contribution in [1.29, 1.82) is 0 Å². The Labute approximate surface area is 210 Å². The van der Waals surface area contributed by atoms with E-state index in [0.717, 1.165) is 38.8 Å². The summed E-state index contributed by atoms with van der Waals surface area (Å²) in [5, 5.41) is 8.02. The highest BCUT2D eigenvalue weighted by atomic mass is 35.5. The second kappa shape index (κ2) is 8.98. The van der Waals surface area contributed by atoms with E-state index in [2.05, 4.69) is 29.9 Å². The van der Waals surface area contributed by atoms with E-state index in [9.17, 15) is 0 Å². The van der Waals surface area contributed by atoms with Crippen LogP contribution in [0.3, 0.4) is 0 Å². The smallest absolute Gasteiger partial charge is 0.0582 e. The zero-order chi connectivity index (χ0) is 23.9. The van der Waals surface area contributed by atoms with Gasteiger partial charge in [-0.25, -0.2) is 0 Å². The Kier molecular flexibility index (Phi) is 6.41. The molecule has 3 unspecified atom stereocenters. The molecule has 0 heterocycles. The lowest BCUT2D eigenvalue weighted by Crippen LogP contribution is -2.06. The van der Waals surface area contributed by atoms with Crippen LogP contribution in [-0.4, -0.2) is 4.87 Å².